The number of thiazole rings is 1. The van der Waals surface area contributed by atoms with Crippen molar-refractivity contribution in [3.05, 3.63) is 52.5 Å². The van der Waals surface area contributed by atoms with Gasteiger partial charge in [0.05, 0.1) is 12.1 Å². The van der Waals surface area contributed by atoms with E-state index in [1.165, 1.54) is 11.3 Å². The van der Waals surface area contributed by atoms with Crippen LogP contribution in [0.2, 0.25) is 0 Å². The molecular formula is C16H17N3O2S. The molecule has 1 aliphatic heterocycles. The van der Waals surface area contributed by atoms with Crippen LogP contribution < -0.4 is 0 Å². The Bertz CT molecular complexity index is 657. The minimum Gasteiger partial charge on any atom is -0.327 e. The molecule has 1 fully saturated rings. The number of piperazine rings is 1. The molecule has 6 heteroatoms. The second kappa shape index (κ2) is 6.27. The van der Waals surface area contributed by atoms with Crippen LogP contribution in [0.3, 0.4) is 0 Å². The molecular weight excluding hydrogens is 298 g/mol. The Morgan fingerprint density at radius 3 is 2.68 bits per heavy atom. The standard InChI is InChI=1S/C16H17N3O2S/c1-12-16(21)18(8-13-5-3-2-4-6-13)10-15(20)19(12)9-14-7-17-11-22-14/h2-7,11-12H,8-10H2,1H3/t12-/m0/s1. The highest BCUT2D eigenvalue weighted by molar-refractivity contribution is 7.09. The van der Waals surface area contributed by atoms with Crippen LogP contribution in [0, 0.1) is 0 Å². The van der Waals surface area contributed by atoms with Crippen LogP contribution in [0.25, 0.3) is 0 Å². The number of aromatic nitrogens is 1. The summed E-state index contributed by atoms with van der Waals surface area (Å²) < 4.78 is 0. The molecule has 0 unspecified atom stereocenters. The van der Waals surface area contributed by atoms with Gasteiger partial charge in [-0.1, -0.05) is 30.3 Å². The van der Waals surface area contributed by atoms with Crippen molar-refractivity contribution in [3.63, 3.8) is 0 Å². The predicted octanol–water partition coefficient (Wildman–Crippen LogP) is 1.90. The Hall–Kier alpha value is -2.21. The number of hydrogen-bond acceptors (Lipinski definition) is 4. The molecule has 1 atom stereocenters. The van der Waals surface area contributed by atoms with E-state index in [-0.39, 0.29) is 18.4 Å². The van der Waals surface area contributed by atoms with Gasteiger partial charge in [-0.2, -0.15) is 0 Å². The highest BCUT2D eigenvalue weighted by Crippen LogP contribution is 2.19. The van der Waals surface area contributed by atoms with Crippen molar-refractivity contribution in [2.45, 2.75) is 26.1 Å². The second-order valence-corrected chi connectivity index (χ2v) is 6.32. The summed E-state index contributed by atoms with van der Waals surface area (Å²) in [6, 6.07) is 9.30. The molecule has 1 aliphatic rings. The lowest BCUT2D eigenvalue weighted by molar-refractivity contribution is -0.156. The Kier molecular flexibility index (Phi) is 4.20. The van der Waals surface area contributed by atoms with Crippen LogP contribution in [0.15, 0.2) is 42.0 Å². The van der Waals surface area contributed by atoms with Crippen molar-refractivity contribution in [3.8, 4) is 0 Å². The highest BCUT2D eigenvalue weighted by atomic mass is 32.1. The van der Waals surface area contributed by atoms with Gasteiger partial charge in [-0.3, -0.25) is 14.6 Å². The van der Waals surface area contributed by atoms with E-state index in [1.54, 1.807) is 28.4 Å². The van der Waals surface area contributed by atoms with Crippen molar-refractivity contribution in [2.24, 2.45) is 0 Å². The fourth-order valence-corrected chi connectivity index (χ4v) is 3.19. The van der Waals surface area contributed by atoms with Gasteiger partial charge in [-0.05, 0) is 12.5 Å². The number of benzene rings is 1. The van der Waals surface area contributed by atoms with E-state index in [0.717, 1.165) is 10.4 Å². The molecule has 1 aromatic heterocycles. The fourth-order valence-electron chi connectivity index (χ4n) is 2.60. The summed E-state index contributed by atoms with van der Waals surface area (Å²) in [6.45, 7) is 2.86. The Balaban J connectivity index is 1.71. The molecule has 1 saturated heterocycles. The van der Waals surface area contributed by atoms with E-state index in [1.807, 2.05) is 30.3 Å². The van der Waals surface area contributed by atoms with E-state index in [0.29, 0.717) is 13.1 Å². The zero-order valence-electron chi connectivity index (χ0n) is 12.3. The van der Waals surface area contributed by atoms with Crippen molar-refractivity contribution < 1.29 is 9.59 Å². The van der Waals surface area contributed by atoms with Crippen LogP contribution in [-0.2, 0) is 22.7 Å². The maximum Gasteiger partial charge on any atom is 0.245 e. The summed E-state index contributed by atoms with van der Waals surface area (Å²) in [7, 11) is 0. The topological polar surface area (TPSA) is 53.5 Å². The van der Waals surface area contributed by atoms with Gasteiger partial charge in [0.15, 0.2) is 0 Å². The largest absolute Gasteiger partial charge is 0.327 e. The number of amides is 2. The van der Waals surface area contributed by atoms with E-state index in [9.17, 15) is 9.59 Å². The first-order chi connectivity index (χ1) is 10.6. The van der Waals surface area contributed by atoms with Gasteiger partial charge >= 0.3 is 0 Å². The summed E-state index contributed by atoms with van der Waals surface area (Å²) in [6.07, 6.45) is 1.74. The normalized spacial score (nSPS) is 18.9. The molecule has 3 rings (SSSR count). The Labute approximate surface area is 133 Å². The summed E-state index contributed by atoms with van der Waals surface area (Å²) >= 11 is 1.50. The maximum absolute atomic E-state index is 12.5. The quantitative estimate of drug-likeness (QED) is 0.866. The Morgan fingerprint density at radius 2 is 2.00 bits per heavy atom. The number of hydrogen-bond donors (Lipinski definition) is 0. The number of carbonyl (C=O) groups excluding carboxylic acids is 2. The SMILES string of the molecule is C[C@H]1C(=O)N(Cc2ccccc2)CC(=O)N1Cc1cncs1. The number of rotatable bonds is 4. The monoisotopic (exact) mass is 315 g/mol. The molecule has 0 spiro atoms. The molecule has 5 nitrogen and oxygen atoms in total. The molecule has 0 aliphatic carbocycles. The van der Waals surface area contributed by atoms with Crippen molar-refractivity contribution in [2.75, 3.05) is 6.54 Å². The molecule has 2 amide bonds. The zero-order valence-corrected chi connectivity index (χ0v) is 13.1. The highest BCUT2D eigenvalue weighted by Gasteiger charge is 2.36. The van der Waals surface area contributed by atoms with Gasteiger partial charge in [-0.25, -0.2) is 0 Å². The molecule has 2 aromatic rings. The number of carbonyl (C=O) groups is 2. The van der Waals surface area contributed by atoms with E-state index in [4.69, 9.17) is 0 Å². The van der Waals surface area contributed by atoms with E-state index in [2.05, 4.69) is 4.98 Å². The maximum atomic E-state index is 12.5. The molecule has 2 heterocycles. The van der Waals surface area contributed by atoms with E-state index < -0.39 is 6.04 Å². The average Bonchev–Trinajstić information content (AvgIpc) is 3.03. The molecule has 0 N–H and O–H groups in total. The minimum atomic E-state index is -0.438. The number of nitrogens with zero attached hydrogens (tertiary/aromatic N) is 3. The third kappa shape index (κ3) is 3.01. The lowest BCUT2D eigenvalue weighted by Gasteiger charge is -2.38. The van der Waals surface area contributed by atoms with Gasteiger partial charge in [0.2, 0.25) is 11.8 Å². The summed E-state index contributed by atoms with van der Waals surface area (Å²) in [5.41, 5.74) is 2.77. The molecule has 0 saturated carbocycles. The van der Waals surface area contributed by atoms with Gasteiger partial charge in [0, 0.05) is 17.6 Å². The van der Waals surface area contributed by atoms with Gasteiger partial charge in [-0.15, -0.1) is 11.3 Å². The van der Waals surface area contributed by atoms with Crippen LogP contribution in [0.5, 0.6) is 0 Å². The molecule has 0 bridgehead atoms. The molecule has 1 aromatic carbocycles. The van der Waals surface area contributed by atoms with Gasteiger partial charge in [0.25, 0.3) is 0 Å². The van der Waals surface area contributed by atoms with Crippen molar-refractivity contribution in [1.29, 1.82) is 0 Å². The summed E-state index contributed by atoms with van der Waals surface area (Å²) in [5, 5.41) is 0. The van der Waals surface area contributed by atoms with E-state index >= 15 is 0 Å². The second-order valence-electron chi connectivity index (χ2n) is 5.35. The fraction of sp³-hybridized carbons (Fsp3) is 0.312. The minimum absolute atomic E-state index is 0.00651. The average molecular weight is 315 g/mol. The lowest BCUT2D eigenvalue weighted by Crippen LogP contribution is -2.57. The summed E-state index contributed by atoms with van der Waals surface area (Å²) in [5.74, 6) is -0.0237. The predicted molar refractivity (Wildman–Crippen MR) is 84.0 cm³/mol. The first-order valence-corrected chi connectivity index (χ1v) is 8.02. The smallest absolute Gasteiger partial charge is 0.245 e. The van der Waals surface area contributed by atoms with Crippen molar-refractivity contribution in [1.82, 2.24) is 14.8 Å². The van der Waals surface area contributed by atoms with Gasteiger partial charge in [0.1, 0.15) is 12.6 Å². The first kappa shape index (κ1) is 14.7. The third-order valence-corrected chi connectivity index (χ3v) is 4.57. The first-order valence-electron chi connectivity index (χ1n) is 7.14. The van der Waals surface area contributed by atoms with Crippen LogP contribution in [0.4, 0.5) is 0 Å². The zero-order chi connectivity index (χ0) is 15.5. The van der Waals surface area contributed by atoms with Gasteiger partial charge < -0.3 is 9.80 Å². The molecule has 22 heavy (non-hydrogen) atoms. The molecule has 114 valence electrons. The van der Waals surface area contributed by atoms with Crippen LogP contribution in [-0.4, -0.2) is 39.2 Å². The van der Waals surface area contributed by atoms with Crippen LogP contribution >= 0.6 is 11.3 Å². The summed E-state index contributed by atoms with van der Waals surface area (Å²) in [4.78, 5) is 33.2. The molecule has 0 radical (unpaired) electrons. The van der Waals surface area contributed by atoms with Crippen LogP contribution in [0.1, 0.15) is 17.4 Å². The Morgan fingerprint density at radius 1 is 1.23 bits per heavy atom. The lowest BCUT2D eigenvalue weighted by atomic mass is 10.1. The van der Waals surface area contributed by atoms with Crippen molar-refractivity contribution >= 4 is 23.2 Å². The third-order valence-electron chi connectivity index (χ3n) is 3.81.